The van der Waals surface area contributed by atoms with Crippen molar-refractivity contribution in [2.24, 2.45) is 5.92 Å². The maximum atomic E-state index is 11.9. The van der Waals surface area contributed by atoms with Gasteiger partial charge < -0.3 is 5.32 Å². The number of hydrogen-bond donors (Lipinski definition) is 1. The lowest BCUT2D eigenvalue weighted by atomic mass is 9.93. The van der Waals surface area contributed by atoms with E-state index in [2.05, 4.69) is 23.5 Å². The third-order valence-corrected chi connectivity index (χ3v) is 4.29. The van der Waals surface area contributed by atoms with Gasteiger partial charge in [-0.05, 0) is 55.2 Å². The first-order valence-electron chi connectivity index (χ1n) is 7.21. The Bertz CT molecular complexity index is 452. The van der Waals surface area contributed by atoms with Gasteiger partial charge in [0.05, 0.1) is 0 Å². The van der Waals surface area contributed by atoms with E-state index < -0.39 is 0 Å². The third kappa shape index (κ3) is 2.43. The van der Waals surface area contributed by atoms with E-state index in [4.69, 9.17) is 0 Å². The first kappa shape index (κ1) is 11.8. The van der Waals surface area contributed by atoms with Crippen molar-refractivity contribution in [1.82, 2.24) is 5.32 Å². The van der Waals surface area contributed by atoms with E-state index in [1.807, 2.05) is 0 Å². The van der Waals surface area contributed by atoms with Gasteiger partial charge in [-0.15, -0.1) is 0 Å². The molecular formula is C16H21NO. The third-order valence-electron chi connectivity index (χ3n) is 4.29. The fourth-order valence-corrected chi connectivity index (χ4v) is 3.23. The molecule has 2 aliphatic rings. The molecule has 3 rings (SSSR count). The zero-order chi connectivity index (χ0) is 12.4. The van der Waals surface area contributed by atoms with Crippen molar-refractivity contribution in [3.05, 3.63) is 34.9 Å². The van der Waals surface area contributed by atoms with Crippen LogP contribution in [0.3, 0.4) is 0 Å². The van der Waals surface area contributed by atoms with Crippen LogP contribution in [0.15, 0.2) is 18.2 Å². The van der Waals surface area contributed by atoms with E-state index in [1.54, 1.807) is 0 Å². The smallest absolute Gasteiger partial charge is 0.223 e. The van der Waals surface area contributed by atoms with Gasteiger partial charge in [0.15, 0.2) is 0 Å². The van der Waals surface area contributed by atoms with Crippen LogP contribution in [0.4, 0.5) is 0 Å². The van der Waals surface area contributed by atoms with Gasteiger partial charge in [-0.2, -0.15) is 0 Å². The molecule has 96 valence electrons. The molecule has 1 unspecified atom stereocenters. The summed E-state index contributed by atoms with van der Waals surface area (Å²) in [5.74, 6) is 0.444. The Balaban J connectivity index is 1.73. The monoisotopic (exact) mass is 243 g/mol. The van der Waals surface area contributed by atoms with Crippen molar-refractivity contribution in [2.75, 3.05) is 6.54 Å². The van der Waals surface area contributed by atoms with E-state index in [9.17, 15) is 4.79 Å². The van der Waals surface area contributed by atoms with Gasteiger partial charge in [0, 0.05) is 12.5 Å². The molecule has 1 saturated heterocycles. The number of aryl methyl sites for hydroxylation is 2. The highest BCUT2D eigenvalue weighted by Gasteiger charge is 2.21. The molecule has 1 atom stereocenters. The van der Waals surface area contributed by atoms with Gasteiger partial charge in [0.25, 0.3) is 0 Å². The summed E-state index contributed by atoms with van der Waals surface area (Å²) in [6, 6.07) is 6.83. The molecule has 1 N–H and O–H groups in total. The molecular weight excluding hydrogens is 222 g/mol. The van der Waals surface area contributed by atoms with Crippen molar-refractivity contribution in [3.63, 3.8) is 0 Å². The summed E-state index contributed by atoms with van der Waals surface area (Å²) >= 11 is 0. The average Bonchev–Trinajstić information content (AvgIpc) is 2.75. The van der Waals surface area contributed by atoms with Crippen molar-refractivity contribution >= 4 is 5.91 Å². The second-order valence-corrected chi connectivity index (χ2v) is 5.64. The van der Waals surface area contributed by atoms with E-state index in [1.165, 1.54) is 42.4 Å². The molecule has 0 spiro atoms. The molecule has 1 aliphatic carbocycles. The van der Waals surface area contributed by atoms with Gasteiger partial charge in [0.2, 0.25) is 5.91 Å². The minimum Gasteiger partial charge on any atom is -0.356 e. The number of nitrogens with one attached hydrogen (secondary N) is 1. The van der Waals surface area contributed by atoms with Gasteiger partial charge >= 0.3 is 0 Å². The van der Waals surface area contributed by atoms with E-state index in [0.29, 0.717) is 0 Å². The zero-order valence-corrected chi connectivity index (χ0v) is 10.9. The predicted octanol–water partition coefficient (Wildman–Crippen LogP) is 2.63. The molecule has 1 amide bonds. The van der Waals surface area contributed by atoms with Crippen molar-refractivity contribution in [1.29, 1.82) is 0 Å². The van der Waals surface area contributed by atoms with Gasteiger partial charge in [-0.3, -0.25) is 4.79 Å². The standard InChI is InChI=1S/C16H21NO/c18-16-15(4-1-2-9-17-16)11-12-7-8-13-5-3-6-14(13)10-12/h7-8,10,15H,1-6,9,11H2,(H,17,18). The highest BCUT2D eigenvalue weighted by Crippen LogP contribution is 2.25. The molecule has 1 aliphatic heterocycles. The second-order valence-electron chi connectivity index (χ2n) is 5.64. The van der Waals surface area contributed by atoms with E-state index in [0.717, 1.165) is 25.8 Å². The lowest BCUT2D eigenvalue weighted by Crippen LogP contribution is -2.30. The molecule has 0 bridgehead atoms. The number of fused-ring (bicyclic) bond motifs is 1. The first-order valence-corrected chi connectivity index (χ1v) is 7.21. The van der Waals surface area contributed by atoms with Crippen LogP contribution in [-0.4, -0.2) is 12.5 Å². The Morgan fingerprint density at radius 3 is 2.94 bits per heavy atom. The Morgan fingerprint density at radius 2 is 2.00 bits per heavy atom. The number of amides is 1. The van der Waals surface area contributed by atoms with Crippen molar-refractivity contribution in [3.8, 4) is 0 Å². The van der Waals surface area contributed by atoms with Gasteiger partial charge in [-0.1, -0.05) is 24.6 Å². The Kier molecular flexibility index (Phi) is 3.35. The first-order chi connectivity index (χ1) is 8.83. The molecule has 1 fully saturated rings. The summed E-state index contributed by atoms with van der Waals surface area (Å²) in [5, 5.41) is 3.03. The second kappa shape index (κ2) is 5.13. The number of benzene rings is 1. The van der Waals surface area contributed by atoms with Crippen LogP contribution >= 0.6 is 0 Å². The summed E-state index contributed by atoms with van der Waals surface area (Å²) < 4.78 is 0. The summed E-state index contributed by atoms with van der Waals surface area (Å²) in [4.78, 5) is 11.9. The Labute approximate surface area is 109 Å². The minimum atomic E-state index is 0.187. The number of carbonyl (C=O) groups is 1. The minimum absolute atomic E-state index is 0.187. The normalized spacial score (nSPS) is 23.3. The zero-order valence-electron chi connectivity index (χ0n) is 10.9. The summed E-state index contributed by atoms with van der Waals surface area (Å²) in [7, 11) is 0. The van der Waals surface area contributed by atoms with Gasteiger partial charge in [0.1, 0.15) is 0 Å². The Morgan fingerprint density at radius 1 is 1.11 bits per heavy atom. The fraction of sp³-hybridized carbons (Fsp3) is 0.562. The fourth-order valence-electron chi connectivity index (χ4n) is 3.23. The molecule has 0 saturated carbocycles. The molecule has 1 heterocycles. The highest BCUT2D eigenvalue weighted by atomic mass is 16.1. The van der Waals surface area contributed by atoms with E-state index in [-0.39, 0.29) is 11.8 Å². The summed E-state index contributed by atoms with van der Waals surface area (Å²) in [6.07, 6.45) is 8.02. The predicted molar refractivity (Wildman–Crippen MR) is 72.5 cm³/mol. The van der Waals surface area contributed by atoms with Crippen molar-refractivity contribution in [2.45, 2.75) is 44.9 Å². The quantitative estimate of drug-likeness (QED) is 0.850. The highest BCUT2D eigenvalue weighted by molar-refractivity contribution is 5.79. The summed E-state index contributed by atoms with van der Waals surface area (Å²) in [6.45, 7) is 0.861. The van der Waals surface area contributed by atoms with Crippen LogP contribution in [0.5, 0.6) is 0 Å². The van der Waals surface area contributed by atoms with Crippen molar-refractivity contribution < 1.29 is 4.79 Å². The largest absolute Gasteiger partial charge is 0.356 e. The number of carbonyl (C=O) groups excluding carboxylic acids is 1. The van der Waals surface area contributed by atoms with Crippen LogP contribution in [0.25, 0.3) is 0 Å². The average molecular weight is 243 g/mol. The molecule has 2 nitrogen and oxygen atoms in total. The van der Waals surface area contributed by atoms with Crippen LogP contribution in [0.2, 0.25) is 0 Å². The molecule has 1 aromatic rings. The number of hydrogen-bond acceptors (Lipinski definition) is 1. The molecule has 18 heavy (non-hydrogen) atoms. The SMILES string of the molecule is O=C1NCCCCC1Cc1ccc2c(c1)CCC2. The molecule has 0 aromatic heterocycles. The lowest BCUT2D eigenvalue weighted by Gasteiger charge is -2.13. The van der Waals surface area contributed by atoms with Crippen LogP contribution in [0.1, 0.15) is 42.4 Å². The maximum absolute atomic E-state index is 11.9. The van der Waals surface area contributed by atoms with Crippen LogP contribution in [0, 0.1) is 5.92 Å². The maximum Gasteiger partial charge on any atom is 0.223 e. The molecule has 1 aromatic carbocycles. The topological polar surface area (TPSA) is 29.1 Å². The lowest BCUT2D eigenvalue weighted by molar-refractivity contribution is -0.124. The van der Waals surface area contributed by atoms with Crippen LogP contribution < -0.4 is 5.32 Å². The van der Waals surface area contributed by atoms with Crippen LogP contribution in [-0.2, 0) is 24.1 Å². The Hall–Kier alpha value is -1.31. The van der Waals surface area contributed by atoms with E-state index >= 15 is 0 Å². The number of rotatable bonds is 2. The molecule has 2 heteroatoms. The summed E-state index contributed by atoms with van der Waals surface area (Å²) in [5.41, 5.74) is 4.38. The van der Waals surface area contributed by atoms with Gasteiger partial charge in [-0.25, -0.2) is 0 Å². The molecule has 0 radical (unpaired) electrons.